The Hall–Kier alpha value is -1.62. The summed E-state index contributed by atoms with van der Waals surface area (Å²) in [6.45, 7) is 1.33. The average molecular weight is 265 g/mol. The Balaban J connectivity index is 2.27. The Morgan fingerprint density at radius 3 is 2.74 bits per heavy atom. The number of para-hydroxylation sites is 1. The zero-order valence-corrected chi connectivity index (χ0v) is 11.1. The van der Waals surface area contributed by atoms with E-state index in [2.05, 4.69) is 0 Å². The minimum atomic E-state index is -0.230. The van der Waals surface area contributed by atoms with Gasteiger partial charge in [-0.3, -0.25) is 10.1 Å². The van der Waals surface area contributed by atoms with Crippen molar-refractivity contribution in [2.24, 2.45) is 5.92 Å². The van der Waals surface area contributed by atoms with E-state index < -0.39 is 0 Å². The van der Waals surface area contributed by atoms with E-state index in [1.165, 1.54) is 0 Å². The molecule has 0 bridgehead atoms. The zero-order valence-electron chi connectivity index (χ0n) is 11.1. The molecule has 1 unspecified atom stereocenters. The molecule has 2 rings (SSSR count). The van der Waals surface area contributed by atoms with Crippen LogP contribution in [0.1, 0.15) is 24.3 Å². The molecule has 0 radical (unpaired) electrons. The van der Waals surface area contributed by atoms with Crippen molar-refractivity contribution >= 4 is 0 Å². The van der Waals surface area contributed by atoms with Crippen LogP contribution in [0.15, 0.2) is 24.3 Å². The van der Waals surface area contributed by atoms with Crippen LogP contribution in [0.4, 0.5) is 0 Å². The van der Waals surface area contributed by atoms with Crippen LogP contribution < -0.4 is 4.74 Å². The van der Waals surface area contributed by atoms with E-state index in [0.717, 1.165) is 24.2 Å². The lowest BCUT2D eigenvalue weighted by molar-refractivity contribution is -0.485. The van der Waals surface area contributed by atoms with Gasteiger partial charge < -0.3 is 9.47 Å². The summed E-state index contributed by atoms with van der Waals surface area (Å²) in [5.74, 6) is 0.923. The van der Waals surface area contributed by atoms with Crippen molar-refractivity contribution < 1.29 is 14.4 Å². The Labute approximate surface area is 112 Å². The molecule has 1 atom stereocenters. The summed E-state index contributed by atoms with van der Waals surface area (Å²) in [7, 11) is 1.60. The molecule has 1 aromatic rings. The second kappa shape index (κ2) is 6.52. The molecule has 1 heterocycles. The highest BCUT2D eigenvalue weighted by atomic mass is 16.6. The number of hydrogen-bond acceptors (Lipinski definition) is 4. The number of methoxy groups -OCH3 is 1. The van der Waals surface area contributed by atoms with E-state index in [4.69, 9.17) is 9.47 Å². The van der Waals surface area contributed by atoms with Gasteiger partial charge in [0.1, 0.15) is 5.75 Å². The van der Waals surface area contributed by atoms with Crippen LogP contribution in [0.3, 0.4) is 0 Å². The molecule has 0 aromatic heterocycles. The number of rotatable bonds is 5. The molecule has 1 aliphatic heterocycles. The molecule has 1 fully saturated rings. The molecule has 0 amide bonds. The fourth-order valence-corrected chi connectivity index (χ4v) is 2.75. The van der Waals surface area contributed by atoms with E-state index in [1.807, 2.05) is 24.3 Å². The largest absolute Gasteiger partial charge is 0.496 e. The van der Waals surface area contributed by atoms with Crippen LogP contribution in [0.2, 0.25) is 0 Å². The molecule has 104 valence electrons. The van der Waals surface area contributed by atoms with E-state index in [0.29, 0.717) is 13.2 Å². The van der Waals surface area contributed by atoms with Gasteiger partial charge in [-0.25, -0.2) is 0 Å². The van der Waals surface area contributed by atoms with Gasteiger partial charge >= 0.3 is 0 Å². The van der Waals surface area contributed by atoms with Gasteiger partial charge in [0, 0.05) is 23.7 Å². The monoisotopic (exact) mass is 265 g/mol. The first kappa shape index (κ1) is 13.8. The maximum absolute atomic E-state index is 11.0. The summed E-state index contributed by atoms with van der Waals surface area (Å²) in [5, 5.41) is 11.0. The van der Waals surface area contributed by atoms with Crippen molar-refractivity contribution in [2.45, 2.75) is 18.8 Å². The Kier molecular flexibility index (Phi) is 4.74. The van der Waals surface area contributed by atoms with Crippen molar-refractivity contribution in [3.05, 3.63) is 39.9 Å². The van der Waals surface area contributed by atoms with Crippen molar-refractivity contribution in [3.8, 4) is 5.75 Å². The smallest absolute Gasteiger partial charge is 0.211 e. The van der Waals surface area contributed by atoms with E-state index >= 15 is 0 Å². The fourth-order valence-electron chi connectivity index (χ4n) is 2.75. The fraction of sp³-hybridized carbons (Fsp3) is 0.571. The summed E-state index contributed by atoms with van der Waals surface area (Å²) < 4.78 is 10.7. The van der Waals surface area contributed by atoms with Crippen LogP contribution in [0.5, 0.6) is 5.75 Å². The van der Waals surface area contributed by atoms with Crippen LogP contribution in [0, 0.1) is 16.0 Å². The summed E-state index contributed by atoms with van der Waals surface area (Å²) in [6.07, 6.45) is 1.74. The molecular weight excluding hydrogens is 246 g/mol. The lowest BCUT2D eigenvalue weighted by atomic mass is 9.81. The molecule has 1 aromatic carbocycles. The molecule has 5 heteroatoms. The third kappa shape index (κ3) is 3.44. The number of benzene rings is 1. The maximum atomic E-state index is 11.0. The number of nitrogens with zero attached hydrogens (tertiary/aromatic N) is 1. The first-order chi connectivity index (χ1) is 9.22. The number of ether oxygens (including phenoxy) is 2. The molecule has 19 heavy (non-hydrogen) atoms. The van der Waals surface area contributed by atoms with Crippen molar-refractivity contribution in [2.75, 3.05) is 26.9 Å². The van der Waals surface area contributed by atoms with Gasteiger partial charge in [0.2, 0.25) is 6.54 Å². The van der Waals surface area contributed by atoms with E-state index in [1.54, 1.807) is 7.11 Å². The molecule has 0 aliphatic carbocycles. The SMILES string of the molecule is COc1ccccc1C(C[N+](=O)[O-])C1CCOCC1. The van der Waals surface area contributed by atoms with Gasteiger partial charge in [-0.2, -0.15) is 0 Å². The van der Waals surface area contributed by atoms with Gasteiger partial charge in [0.15, 0.2) is 0 Å². The van der Waals surface area contributed by atoms with Crippen molar-refractivity contribution in [1.29, 1.82) is 0 Å². The highest BCUT2D eigenvalue weighted by Gasteiger charge is 2.31. The van der Waals surface area contributed by atoms with Crippen LogP contribution in [0.25, 0.3) is 0 Å². The van der Waals surface area contributed by atoms with Gasteiger partial charge in [0.25, 0.3) is 0 Å². The Bertz CT molecular complexity index is 429. The number of hydrogen-bond donors (Lipinski definition) is 0. The topological polar surface area (TPSA) is 61.6 Å². The third-order valence-corrected chi connectivity index (χ3v) is 3.72. The second-order valence-electron chi connectivity index (χ2n) is 4.81. The molecular formula is C14H19NO4. The van der Waals surface area contributed by atoms with Gasteiger partial charge in [-0.15, -0.1) is 0 Å². The predicted molar refractivity (Wildman–Crippen MR) is 71.1 cm³/mol. The minimum Gasteiger partial charge on any atom is -0.496 e. The average Bonchev–Trinajstić information content (AvgIpc) is 2.45. The predicted octanol–water partition coefficient (Wildman–Crippen LogP) is 2.48. The first-order valence-electron chi connectivity index (χ1n) is 6.55. The molecule has 0 N–H and O–H groups in total. The van der Waals surface area contributed by atoms with Gasteiger partial charge in [-0.1, -0.05) is 18.2 Å². The second-order valence-corrected chi connectivity index (χ2v) is 4.81. The third-order valence-electron chi connectivity index (χ3n) is 3.72. The zero-order chi connectivity index (χ0) is 13.7. The Morgan fingerprint density at radius 1 is 1.42 bits per heavy atom. The summed E-state index contributed by atoms with van der Waals surface area (Å²) in [6, 6.07) is 7.59. The van der Waals surface area contributed by atoms with Crippen molar-refractivity contribution in [3.63, 3.8) is 0 Å². The summed E-state index contributed by atoms with van der Waals surface area (Å²) in [5.41, 5.74) is 0.939. The number of nitro groups is 1. The molecule has 0 saturated carbocycles. The van der Waals surface area contributed by atoms with Crippen LogP contribution >= 0.6 is 0 Å². The Morgan fingerprint density at radius 2 is 2.11 bits per heavy atom. The van der Waals surface area contributed by atoms with Crippen LogP contribution in [-0.4, -0.2) is 31.8 Å². The molecule has 5 nitrogen and oxygen atoms in total. The quantitative estimate of drug-likeness (QED) is 0.606. The van der Waals surface area contributed by atoms with E-state index in [9.17, 15) is 10.1 Å². The summed E-state index contributed by atoms with van der Waals surface area (Å²) >= 11 is 0. The first-order valence-corrected chi connectivity index (χ1v) is 6.55. The van der Waals surface area contributed by atoms with E-state index in [-0.39, 0.29) is 23.3 Å². The molecule has 0 spiro atoms. The molecule has 1 saturated heterocycles. The van der Waals surface area contributed by atoms with Crippen molar-refractivity contribution in [1.82, 2.24) is 0 Å². The van der Waals surface area contributed by atoms with Gasteiger partial charge in [-0.05, 0) is 24.8 Å². The highest BCUT2D eigenvalue weighted by molar-refractivity contribution is 5.36. The van der Waals surface area contributed by atoms with Gasteiger partial charge in [0.05, 0.1) is 13.0 Å². The minimum absolute atomic E-state index is 0.0506. The van der Waals surface area contributed by atoms with Crippen LogP contribution in [-0.2, 0) is 4.74 Å². The maximum Gasteiger partial charge on any atom is 0.211 e. The highest BCUT2D eigenvalue weighted by Crippen LogP contribution is 2.36. The lowest BCUT2D eigenvalue weighted by Gasteiger charge is -2.29. The lowest BCUT2D eigenvalue weighted by Crippen LogP contribution is -2.27. The normalized spacial score (nSPS) is 17.9. The standard InChI is InChI=1S/C14H19NO4/c1-18-14-5-3-2-4-12(14)13(10-15(16)17)11-6-8-19-9-7-11/h2-5,11,13H,6-10H2,1H3. The molecule has 1 aliphatic rings. The summed E-state index contributed by atoms with van der Waals surface area (Å²) in [4.78, 5) is 10.7.